The molecule has 2 aliphatic rings. The molecule has 0 saturated carbocycles. The van der Waals surface area contributed by atoms with Crippen molar-refractivity contribution in [2.45, 2.75) is 51.2 Å². The van der Waals surface area contributed by atoms with Gasteiger partial charge in [-0.1, -0.05) is 12.1 Å². The van der Waals surface area contributed by atoms with Crippen LogP contribution in [0.3, 0.4) is 0 Å². The maximum absolute atomic E-state index is 13.7. The molecule has 1 N–H and O–H groups in total. The Labute approximate surface area is 230 Å². The third-order valence-electron chi connectivity index (χ3n) is 7.95. The summed E-state index contributed by atoms with van der Waals surface area (Å²) in [7, 11) is 3.33. The van der Waals surface area contributed by atoms with E-state index in [0.717, 1.165) is 30.8 Å². The van der Waals surface area contributed by atoms with Gasteiger partial charge < -0.3 is 14.8 Å². The van der Waals surface area contributed by atoms with Gasteiger partial charge in [0.2, 0.25) is 0 Å². The summed E-state index contributed by atoms with van der Waals surface area (Å²) in [5, 5.41) is 3.70. The number of aromatic nitrogens is 4. The molecule has 9 nitrogen and oxygen atoms in total. The molecule has 3 aromatic heterocycles. The zero-order chi connectivity index (χ0) is 25.7. The topological polar surface area (TPSA) is 100 Å². The number of nitrogens with one attached hydrogen (secondary N) is 1. The van der Waals surface area contributed by atoms with E-state index in [9.17, 15) is 9.59 Å². The van der Waals surface area contributed by atoms with Crippen molar-refractivity contribution in [1.29, 1.82) is 0 Å². The van der Waals surface area contributed by atoms with Gasteiger partial charge in [-0.15, -0.1) is 23.7 Å². The van der Waals surface area contributed by atoms with Crippen molar-refractivity contribution in [1.82, 2.24) is 24.4 Å². The molecule has 1 aliphatic carbocycles. The van der Waals surface area contributed by atoms with Crippen molar-refractivity contribution in [3.05, 3.63) is 62.1 Å². The third-order valence-corrected chi connectivity index (χ3v) is 9.00. The molecule has 1 aromatic carbocycles. The molecular formula is C27H32ClN5O4S. The molecule has 1 unspecified atom stereocenters. The second-order valence-electron chi connectivity index (χ2n) is 9.98. The fraction of sp³-hybridized carbons (Fsp3) is 0.481. The second-order valence-corrected chi connectivity index (χ2v) is 11.0. The number of hydrogen-bond acceptors (Lipinski definition) is 8. The van der Waals surface area contributed by atoms with Crippen LogP contribution in [-0.2, 0) is 24.2 Å². The predicted molar refractivity (Wildman–Crippen MR) is 151 cm³/mol. The number of fused-ring (bicyclic) bond motifs is 6. The number of nitrogens with zero attached hydrogens (tertiary/aromatic N) is 4. The van der Waals surface area contributed by atoms with E-state index < -0.39 is 0 Å². The summed E-state index contributed by atoms with van der Waals surface area (Å²) in [4.78, 5) is 37.1. The van der Waals surface area contributed by atoms with Crippen LogP contribution in [0.15, 0.2) is 34.0 Å². The van der Waals surface area contributed by atoms with E-state index in [4.69, 9.17) is 9.47 Å². The average molecular weight is 558 g/mol. The minimum Gasteiger partial charge on any atom is -0.496 e. The quantitative estimate of drug-likeness (QED) is 0.372. The Hall–Kier alpha value is -2.79. The van der Waals surface area contributed by atoms with Crippen LogP contribution in [0.5, 0.6) is 5.75 Å². The van der Waals surface area contributed by atoms with Gasteiger partial charge in [-0.25, -0.2) is 14.8 Å². The van der Waals surface area contributed by atoms with Gasteiger partial charge in [0.1, 0.15) is 20.8 Å². The molecule has 0 bridgehead atoms. The summed E-state index contributed by atoms with van der Waals surface area (Å²) in [5.41, 5.74) is 3.97. The highest BCUT2D eigenvalue weighted by atomic mass is 35.5. The lowest BCUT2D eigenvalue weighted by Gasteiger charge is -2.32. The Morgan fingerprint density at radius 1 is 1.18 bits per heavy atom. The second kappa shape index (κ2) is 10.8. The van der Waals surface area contributed by atoms with Crippen LogP contribution >= 0.6 is 23.7 Å². The third kappa shape index (κ3) is 4.33. The van der Waals surface area contributed by atoms with Gasteiger partial charge in [-0.3, -0.25) is 13.9 Å². The van der Waals surface area contributed by atoms with Crippen molar-refractivity contribution >= 4 is 44.3 Å². The smallest absolute Gasteiger partial charge is 0.331 e. The Morgan fingerprint density at radius 3 is 2.82 bits per heavy atom. The van der Waals surface area contributed by atoms with Gasteiger partial charge >= 0.3 is 5.69 Å². The minimum absolute atomic E-state index is 0. The summed E-state index contributed by atoms with van der Waals surface area (Å²) < 4.78 is 14.5. The van der Waals surface area contributed by atoms with Crippen LogP contribution < -0.4 is 21.3 Å². The van der Waals surface area contributed by atoms with Crippen LogP contribution in [0.25, 0.3) is 20.6 Å². The van der Waals surface area contributed by atoms with E-state index in [1.54, 1.807) is 25.0 Å². The van der Waals surface area contributed by atoms with Crippen molar-refractivity contribution in [2.24, 2.45) is 5.92 Å². The van der Waals surface area contributed by atoms with E-state index in [-0.39, 0.29) is 29.7 Å². The van der Waals surface area contributed by atoms with Crippen molar-refractivity contribution in [2.75, 3.05) is 27.4 Å². The van der Waals surface area contributed by atoms with Crippen LogP contribution in [0.2, 0.25) is 0 Å². The monoisotopic (exact) mass is 557 g/mol. The zero-order valence-electron chi connectivity index (χ0n) is 21.7. The first-order valence-electron chi connectivity index (χ1n) is 12.8. The molecule has 1 fully saturated rings. The first-order chi connectivity index (χ1) is 18.0. The molecule has 4 heterocycles. The fourth-order valence-corrected chi connectivity index (χ4v) is 7.38. The first-order valence-corrected chi connectivity index (χ1v) is 13.6. The molecule has 3 atom stereocenters. The molecule has 1 saturated heterocycles. The van der Waals surface area contributed by atoms with E-state index in [1.807, 2.05) is 13.0 Å². The highest BCUT2D eigenvalue weighted by Gasteiger charge is 2.40. The van der Waals surface area contributed by atoms with Crippen LogP contribution in [0, 0.1) is 12.8 Å². The van der Waals surface area contributed by atoms with Crippen molar-refractivity contribution < 1.29 is 9.47 Å². The summed E-state index contributed by atoms with van der Waals surface area (Å²) in [6.45, 7) is 3.86. The Bertz CT molecular complexity index is 1610. The molecule has 6 rings (SSSR count). The van der Waals surface area contributed by atoms with Crippen LogP contribution in [0.1, 0.15) is 35.6 Å². The maximum Gasteiger partial charge on any atom is 0.331 e. The van der Waals surface area contributed by atoms with Gasteiger partial charge in [0.05, 0.1) is 31.5 Å². The summed E-state index contributed by atoms with van der Waals surface area (Å²) in [6, 6.07) is 6.49. The minimum atomic E-state index is -0.322. The number of ether oxygens (including phenoxy) is 2. The van der Waals surface area contributed by atoms with E-state index in [1.165, 1.54) is 27.0 Å². The standard InChI is InChI=1S/C27H31N5O4S.ClH/c1-15-13-29-22-23-24(37-25(22)30-15)26(33)32(27(34)31(23)11-12-35-2)10-9-19-21-16(14-28-19)7-8-17-18(21)5-4-6-20(17)36-3;/h4-6,13,16,19,21,28H,7-12,14H2,1-3H3;1H/t16-,19?,21+;/m0./s1. The summed E-state index contributed by atoms with van der Waals surface area (Å²) in [6.07, 6.45) is 4.48. The molecule has 38 heavy (non-hydrogen) atoms. The number of thiophene rings is 1. The number of halogens is 1. The lowest BCUT2D eigenvalue weighted by atomic mass is 9.73. The van der Waals surface area contributed by atoms with Gasteiger partial charge in [0, 0.05) is 31.8 Å². The number of benzene rings is 1. The molecule has 4 aromatic rings. The van der Waals surface area contributed by atoms with Gasteiger partial charge in [0.15, 0.2) is 0 Å². The molecule has 0 spiro atoms. The van der Waals surface area contributed by atoms with Crippen LogP contribution in [-0.4, -0.2) is 52.5 Å². The highest BCUT2D eigenvalue weighted by Crippen LogP contribution is 2.45. The molecule has 11 heteroatoms. The SMILES string of the molecule is COCCn1c(=O)n(CCC2NC[C@@H]3CCc4c(OC)cccc4[C@H]23)c(=O)c2sc3nc(C)cnc3c21.Cl. The van der Waals surface area contributed by atoms with E-state index in [0.29, 0.717) is 58.5 Å². The lowest BCUT2D eigenvalue weighted by molar-refractivity contribution is 0.186. The number of hydrogen-bond donors (Lipinski definition) is 1. The summed E-state index contributed by atoms with van der Waals surface area (Å²) in [5.74, 6) is 1.84. The molecule has 202 valence electrons. The normalized spacial score (nSPS) is 20.3. The number of methoxy groups -OCH3 is 2. The zero-order valence-corrected chi connectivity index (χ0v) is 23.4. The maximum atomic E-state index is 13.7. The van der Waals surface area contributed by atoms with Crippen molar-refractivity contribution in [3.63, 3.8) is 0 Å². The highest BCUT2D eigenvalue weighted by molar-refractivity contribution is 7.25. The Balaban J connectivity index is 0.00000294. The van der Waals surface area contributed by atoms with Crippen LogP contribution in [0.4, 0.5) is 0 Å². The number of rotatable bonds is 7. The summed E-state index contributed by atoms with van der Waals surface area (Å²) >= 11 is 1.31. The number of aryl methyl sites for hydroxylation is 1. The lowest BCUT2D eigenvalue weighted by Crippen LogP contribution is -2.41. The molecule has 0 amide bonds. The van der Waals surface area contributed by atoms with E-state index in [2.05, 4.69) is 27.4 Å². The van der Waals surface area contributed by atoms with Crippen molar-refractivity contribution in [3.8, 4) is 5.75 Å². The Kier molecular flexibility index (Phi) is 7.59. The van der Waals surface area contributed by atoms with Gasteiger partial charge in [-0.2, -0.15) is 0 Å². The fourth-order valence-electron chi connectivity index (χ4n) is 6.25. The predicted octanol–water partition coefficient (Wildman–Crippen LogP) is 3.26. The Morgan fingerprint density at radius 2 is 2.03 bits per heavy atom. The first kappa shape index (κ1) is 26.8. The molecule has 0 radical (unpaired) electrons. The van der Waals surface area contributed by atoms with Gasteiger partial charge in [0.25, 0.3) is 5.56 Å². The average Bonchev–Trinajstić information content (AvgIpc) is 3.50. The molecule has 1 aliphatic heterocycles. The van der Waals surface area contributed by atoms with E-state index >= 15 is 0 Å². The molecular weight excluding hydrogens is 526 g/mol. The van der Waals surface area contributed by atoms with Gasteiger partial charge in [-0.05, 0) is 55.8 Å². The largest absolute Gasteiger partial charge is 0.496 e.